The maximum absolute atomic E-state index is 12.8. The van der Waals surface area contributed by atoms with E-state index in [-0.39, 0.29) is 23.8 Å². The Balaban J connectivity index is 2.21. The number of ether oxygens (including phenoxy) is 2. The molecule has 0 saturated carbocycles. The Bertz CT molecular complexity index is 728. The monoisotopic (exact) mass is 369 g/mol. The van der Waals surface area contributed by atoms with Crippen LogP contribution >= 0.6 is 0 Å². The molecule has 1 aromatic carbocycles. The summed E-state index contributed by atoms with van der Waals surface area (Å²) in [6.07, 6.45) is 0.403. The Labute approximate surface area is 147 Å². The number of carbonyl (C=O) groups excluding carboxylic acids is 2. The first-order chi connectivity index (χ1) is 11.8. The predicted octanol–water partition coefficient (Wildman–Crippen LogP) is 0.815. The number of sulfone groups is 1. The standard InChI is InChI=1S/C17H23NO6S/c1-12(17(20)24-3)18(14-8-9-25(21,22)11-14)16(19)10-13-4-6-15(23-2)7-5-13/h4-7,12,14H,8-11H2,1-3H3/t12-,14+/m1/s1. The van der Waals surface area contributed by atoms with Crippen molar-refractivity contribution in [3.63, 3.8) is 0 Å². The van der Waals surface area contributed by atoms with Gasteiger partial charge in [0.05, 0.1) is 32.1 Å². The van der Waals surface area contributed by atoms with E-state index in [0.717, 1.165) is 5.56 Å². The first kappa shape index (κ1) is 19.2. The number of rotatable bonds is 6. The van der Waals surface area contributed by atoms with E-state index in [9.17, 15) is 18.0 Å². The van der Waals surface area contributed by atoms with Gasteiger partial charge in [0.15, 0.2) is 9.84 Å². The molecule has 1 fully saturated rings. The average Bonchev–Trinajstić information content (AvgIpc) is 2.94. The minimum atomic E-state index is -3.18. The zero-order valence-electron chi connectivity index (χ0n) is 14.6. The van der Waals surface area contributed by atoms with Crippen LogP contribution in [-0.2, 0) is 30.6 Å². The summed E-state index contributed by atoms with van der Waals surface area (Å²) in [5.41, 5.74) is 0.758. The molecule has 0 unspecified atom stereocenters. The third-order valence-corrected chi connectivity index (χ3v) is 6.11. The lowest BCUT2D eigenvalue weighted by molar-refractivity contribution is -0.153. The van der Waals surface area contributed by atoms with Gasteiger partial charge >= 0.3 is 5.97 Å². The summed E-state index contributed by atoms with van der Waals surface area (Å²) in [6.45, 7) is 1.56. The van der Waals surface area contributed by atoms with Gasteiger partial charge in [0.1, 0.15) is 11.8 Å². The smallest absolute Gasteiger partial charge is 0.328 e. The van der Waals surface area contributed by atoms with Gasteiger partial charge in [-0.3, -0.25) is 4.79 Å². The molecule has 138 valence electrons. The van der Waals surface area contributed by atoms with Crippen LogP contribution in [0.4, 0.5) is 0 Å². The molecule has 1 aromatic rings. The molecular weight excluding hydrogens is 346 g/mol. The van der Waals surface area contributed by atoms with Crippen molar-refractivity contribution in [2.75, 3.05) is 25.7 Å². The van der Waals surface area contributed by atoms with Crippen LogP contribution in [0.2, 0.25) is 0 Å². The molecule has 25 heavy (non-hydrogen) atoms. The molecule has 2 atom stereocenters. The molecule has 1 heterocycles. The van der Waals surface area contributed by atoms with Crippen LogP contribution in [0.15, 0.2) is 24.3 Å². The number of nitrogens with zero attached hydrogens (tertiary/aromatic N) is 1. The van der Waals surface area contributed by atoms with Crippen LogP contribution in [0.3, 0.4) is 0 Å². The topological polar surface area (TPSA) is 90.0 Å². The summed E-state index contributed by atoms with van der Waals surface area (Å²) in [5, 5.41) is 0. The normalized spacial score (nSPS) is 19.9. The van der Waals surface area contributed by atoms with Crippen molar-refractivity contribution in [3.8, 4) is 5.75 Å². The van der Waals surface area contributed by atoms with Crippen LogP contribution in [0.1, 0.15) is 18.9 Å². The van der Waals surface area contributed by atoms with Gasteiger partial charge in [-0.2, -0.15) is 0 Å². The van der Waals surface area contributed by atoms with Gasteiger partial charge < -0.3 is 14.4 Å². The fourth-order valence-electron chi connectivity index (χ4n) is 3.02. The van der Waals surface area contributed by atoms with Gasteiger partial charge in [0.25, 0.3) is 0 Å². The lowest BCUT2D eigenvalue weighted by Crippen LogP contribution is -2.50. The molecule has 8 heteroatoms. The molecule has 1 aliphatic rings. The highest BCUT2D eigenvalue weighted by molar-refractivity contribution is 7.91. The first-order valence-electron chi connectivity index (χ1n) is 7.99. The molecule has 1 amide bonds. The third kappa shape index (κ3) is 4.72. The molecule has 1 aliphatic heterocycles. The third-order valence-electron chi connectivity index (χ3n) is 4.36. The maximum atomic E-state index is 12.8. The van der Waals surface area contributed by atoms with Crippen molar-refractivity contribution in [1.29, 1.82) is 0 Å². The highest BCUT2D eigenvalue weighted by Crippen LogP contribution is 2.22. The number of hydrogen-bond donors (Lipinski definition) is 0. The zero-order valence-corrected chi connectivity index (χ0v) is 15.4. The fourth-order valence-corrected chi connectivity index (χ4v) is 4.74. The largest absolute Gasteiger partial charge is 0.497 e. The van der Waals surface area contributed by atoms with Crippen LogP contribution in [0.5, 0.6) is 5.75 Å². The van der Waals surface area contributed by atoms with E-state index in [1.165, 1.54) is 12.0 Å². The summed E-state index contributed by atoms with van der Waals surface area (Å²) < 4.78 is 33.4. The van der Waals surface area contributed by atoms with E-state index in [0.29, 0.717) is 12.2 Å². The minimum absolute atomic E-state index is 0.0257. The van der Waals surface area contributed by atoms with Gasteiger partial charge in [0, 0.05) is 6.04 Å². The Kier molecular flexibility index (Phi) is 6.05. The molecule has 0 aromatic heterocycles. The van der Waals surface area contributed by atoms with Crippen molar-refractivity contribution >= 4 is 21.7 Å². The van der Waals surface area contributed by atoms with Gasteiger partial charge in [0.2, 0.25) is 5.91 Å². The summed E-state index contributed by atoms with van der Waals surface area (Å²) in [6, 6.07) is 5.68. The van der Waals surface area contributed by atoms with Crippen molar-refractivity contribution in [1.82, 2.24) is 4.90 Å². The lowest BCUT2D eigenvalue weighted by atomic mass is 10.1. The van der Waals surface area contributed by atoms with Gasteiger partial charge in [-0.1, -0.05) is 12.1 Å². The number of amides is 1. The molecule has 1 saturated heterocycles. The van der Waals surface area contributed by atoms with E-state index in [2.05, 4.69) is 0 Å². The van der Waals surface area contributed by atoms with Crippen LogP contribution in [0, 0.1) is 0 Å². The first-order valence-corrected chi connectivity index (χ1v) is 9.82. The van der Waals surface area contributed by atoms with E-state index in [1.807, 2.05) is 0 Å². The van der Waals surface area contributed by atoms with Crippen molar-refractivity contribution in [3.05, 3.63) is 29.8 Å². The Morgan fingerprint density at radius 2 is 1.88 bits per heavy atom. The molecule has 0 radical (unpaired) electrons. The van der Waals surface area contributed by atoms with Gasteiger partial charge in [-0.25, -0.2) is 13.2 Å². The molecule has 0 spiro atoms. The Morgan fingerprint density at radius 1 is 1.24 bits per heavy atom. The summed E-state index contributed by atoms with van der Waals surface area (Å²) in [5.74, 6) is -0.281. The predicted molar refractivity (Wildman–Crippen MR) is 92.1 cm³/mol. The number of methoxy groups -OCH3 is 2. The second-order valence-corrected chi connectivity index (χ2v) is 8.31. The maximum Gasteiger partial charge on any atom is 0.328 e. The quantitative estimate of drug-likeness (QED) is 0.690. The van der Waals surface area contributed by atoms with Crippen molar-refractivity contribution < 1.29 is 27.5 Å². The summed E-state index contributed by atoms with van der Waals surface area (Å²) >= 11 is 0. The van der Waals surface area contributed by atoms with Crippen molar-refractivity contribution in [2.45, 2.75) is 31.8 Å². The second kappa shape index (κ2) is 7.86. The molecule has 7 nitrogen and oxygen atoms in total. The van der Waals surface area contributed by atoms with Crippen molar-refractivity contribution in [2.24, 2.45) is 0 Å². The molecule has 2 rings (SSSR count). The van der Waals surface area contributed by atoms with E-state index in [1.54, 1.807) is 38.3 Å². The van der Waals surface area contributed by atoms with Gasteiger partial charge in [-0.15, -0.1) is 0 Å². The molecule has 0 aliphatic carbocycles. The summed E-state index contributed by atoms with van der Waals surface area (Å²) in [7, 11) is -0.382. The van der Waals surface area contributed by atoms with Crippen LogP contribution in [0.25, 0.3) is 0 Å². The minimum Gasteiger partial charge on any atom is -0.497 e. The van der Waals surface area contributed by atoms with Crippen LogP contribution in [-0.4, -0.2) is 63.0 Å². The highest BCUT2D eigenvalue weighted by Gasteiger charge is 2.39. The highest BCUT2D eigenvalue weighted by atomic mass is 32.2. The van der Waals surface area contributed by atoms with Gasteiger partial charge in [-0.05, 0) is 31.0 Å². The molecule has 0 N–H and O–H groups in total. The van der Waals surface area contributed by atoms with E-state index >= 15 is 0 Å². The summed E-state index contributed by atoms with van der Waals surface area (Å²) in [4.78, 5) is 26.1. The Morgan fingerprint density at radius 3 is 2.36 bits per heavy atom. The lowest BCUT2D eigenvalue weighted by Gasteiger charge is -2.32. The van der Waals surface area contributed by atoms with Crippen LogP contribution < -0.4 is 4.74 Å². The number of benzene rings is 1. The second-order valence-electron chi connectivity index (χ2n) is 6.08. The average molecular weight is 369 g/mol. The Hall–Kier alpha value is -2.09. The number of esters is 1. The fraction of sp³-hybridized carbons (Fsp3) is 0.529. The van der Waals surface area contributed by atoms with E-state index < -0.39 is 27.9 Å². The van der Waals surface area contributed by atoms with E-state index in [4.69, 9.17) is 9.47 Å². The molecule has 0 bridgehead atoms. The zero-order chi connectivity index (χ0) is 18.6. The number of carbonyl (C=O) groups is 2. The number of hydrogen-bond acceptors (Lipinski definition) is 6. The SMILES string of the molecule is COC(=O)[C@@H](C)N(C(=O)Cc1ccc(OC)cc1)[C@H]1CCS(=O)(=O)C1. The molecular formula is C17H23NO6S.